The molecule has 1 unspecified atom stereocenters. The Morgan fingerprint density at radius 1 is 1.30 bits per heavy atom. The summed E-state index contributed by atoms with van der Waals surface area (Å²) in [6.07, 6.45) is 3.33. The Hall–Kier alpha value is -0.650. The first kappa shape index (κ1) is 17.4. The number of rotatable bonds is 10. The molecule has 5 nitrogen and oxygen atoms in total. The minimum absolute atomic E-state index is 0.117. The summed E-state index contributed by atoms with van der Waals surface area (Å²) in [4.78, 5) is 16.9. The van der Waals surface area contributed by atoms with Crippen molar-refractivity contribution in [2.24, 2.45) is 5.92 Å². The third-order valence-corrected chi connectivity index (χ3v) is 4.15. The van der Waals surface area contributed by atoms with Gasteiger partial charge in [-0.2, -0.15) is 0 Å². The van der Waals surface area contributed by atoms with E-state index >= 15 is 0 Å². The molecular formula is C15H31N3O2. The summed E-state index contributed by atoms with van der Waals surface area (Å²) in [5.41, 5.74) is -0.532. The van der Waals surface area contributed by atoms with Gasteiger partial charge in [0.2, 0.25) is 0 Å². The van der Waals surface area contributed by atoms with Crippen molar-refractivity contribution in [1.29, 1.82) is 0 Å². The maximum Gasteiger partial charge on any atom is 0.327 e. The average molecular weight is 285 g/mol. The molecule has 0 saturated heterocycles. The highest BCUT2D eigenvalue weighted by molar-refractivity contribution is 5.82. The maximum absolute atomic E-state index is 12.3. The van der Waals surface area contributed by atoms with Crippen molar-refractivity contribution in [1.82, 2.24) is 15.1 Å². The lowest BCUT2D eigenvalue weighted by Gasteiger charge is -2.36. The Kier molecular flexibility index (Phi) is 6.92. The largest absolute Gasteiger partial charge is 0.468 e. The second-order valence-electron chi connectivity index (χ2n) is 6.07. The van der Waals surface area contributed by atoms with Gasteiger partial charge in [-0.15, -0.1) is 0 Å². The fraction of sp³-hybridized carbons (Fsp3) is 0.933. The molecule has 5 heteroatoms. The Bertz CT molecular complexity index is 305. The molecule has 0 heterocycles. The first-order valence-electron chi connectivity index (χ1n) is 7.64. The zero-order chi connectivity index (χ0) is 15.2. The smallest absolute Gasteiger partial charge is 0.327 e. The van der Waals surface area contributed by atoms with Crippen LogP contribution in [0.3, 0.4) is 0 Å². The quantitative estimate of drug-likeness (QED) is 0.602. The number of nitrogens with zero attached hydrogens (tertiary/aromatic N) is 2. The van der Waals surface area contributed by atoms with Gasteiger partial charge in [-0.05, 0) is 52.9 Å². The summed E-state index contributed by atoms with van der Waals surface area (Å²) < 4.78 is 5.07. The standard InChI is InChI=1S/C15H31N3O2/c1-6-9-18(11-10-17(3)4)12-15(16-2,13-7-8-13)14(19)20-5/h13,16H,6-12H2,1-5H3. The molecule has 1 aliphatic carbocycles. The highest BCUT2D eigenvalue weighted by Crippen LogP contribution is 2.40. The van der Waals surface area contributed by atoms with E-state index < -0.39 is 5.54 Å². The summed E-state index contributed by atoms with van der Waals surface area (Å²) in [7, 11) is 7.53. The van der Waals surface area contributed by atoms with E-state index in [0.717, 1.165) is 45.4 Å². The summed E-state index contributed by atoms with van der Waals surface area (Å²) in [5, 5.41) is 3.27. The Morgan fingerprint density at radius 2 is 1.95 bits per heavy atom. The third kappa shape index (κ3) is 4.43. The number of carbonyl (C=O) groups is 1. The molecule has 1 aliphatic rings. The highest BCUT2D eigenvalue weighted by Gasteiger charge is 2.51. The molecule has 0 radical (unpaired) electrons. The Morgan fingerprint density at radius 3 is 2.35 bits per heavy atom. The van der Waals surface area contributed by atoms with Crippen LogP contribution in [0.15, 0.2) is 0 Å². The predicted octanol–water partition coefficient (Wildman–Crippen LogP) is 0.801. The molecule has 0 aliphatic heterocycles. The van der Waals surface area contributed by atoms with Gasteiger partial charge in [-0.25, -0.2) is 4.79 Å². The fourth-order valence-corrected chi connectivity index (χ4v) is 2.78. The molecular weight excluding hydrogens is 254 g/mol. The minimum atomic E-state index is -0.532. The third-order valence-electron chi connectivity index (χ3n) is 4.15. The van der Waals surface area contributed by atoms with Gasteiger partial charge in [0.25, 0.3) is 0 Å². The highest BCUT2D eigenvalue weighted by atomic mass is 16.5. The van der Waals surface area contributed by atoms with Crippen LogP contribution < -0.4 is 5.32 Å². The molecule has 0 spiro atoms. The summed E-state index contributed by atoms with van der Waals surface area (Å²) >= 11 is 0. The number of methoxy groups -OCH3 is 1. The van der Waals surface area contributed by atoms with Crippen LogP contribution in [-0.2, 0) is 9.53 Å². The van der Waals surface area contributed by atoms with Crippen LogP contribution in [0, 0.1) is 5.92 Å². The van der Waals surface area contributed by atoms with Crippen molar-refractivity contribution in [3.05, 3.63) is 0 Å². The van der Waals surface area contributed by atoms with Gasteiger partial charge in [-0.1, -0.05) is 6.92 Å². The van der Waals surface area contributed by atoms with E-state index in [1.165, 1.54) is 7.11 Å². The van der Waals surface area contributed by atoms with E-state index in [1.54, 1.807) is 0 Å². The molecule has 1 atom stereocenters. The van der Waals surface area contributed by atoms with Crippen molar-refractivity contribution in [2.75, 3.05) is 54.4 Å². The van der Waals surface area contributed by atoms with Crippen LogP contribution in [0.25, 0.3) is 0 Å². The lowest BCUT2D eigenvalue weighted by Crippen LogP contribution is -2.60. The van der Waals surface area contributed by atoms with Gasteiger partial charge in [-0.3, -0.25) is 4.90 Å². The lowest BCUT2D eigenvalue weighted by atomic mass is 9.92. The van der Waals surface area contributed by atoms with Crippen LogP contribution in [0.4, 0.5) is 0 Å². The second kappa shape index (κ2) is 7.96. The van der Waals surface area contributed by atoms with Crippen molar-refractivity contribution in [3.8, 4) is 0 Å². The van der Waals surface area contributed by atoms with Crippen LogP contribution in [0.1, 0.15) is 26.2 Å². The minimum Gasteiger partial charge on any atom is -0.468 e. The molecule has 0 aromatic carbocycles. The maximum atomic E-state index is 12.3. The molecule has 0 amide bonds. The van der Waals surface area contributed by atoms with Gasteiger partial charge in [0.1, 0.15) is 5.54 Å². The topological polar surface area (TPSA) is 44.8 Å². The summed E-state index contributed by atoms with van der Waals surface area (Å²) in [6, 6.07) is 0. The number of esters is 1. The zero-order valence-corrected chi connectivity index (χ0v) is 13.7. The Labute approximate surface area is 123 Å². The fourth-order valence-electron chi connectivity index (χ4n) is 2.78. The van der Waals surface area contributed by atoms with Crippen molar-refractivity contribution in [3.63, 3.8) is 0 Å². The predicted molar refractivity (Wildman–Crippen MR) is 81.8 cm³/mol. The van der Waals surface area contributed by atoms with E-state index in [9.17, 15) is 4.79 Å². The van der Waals surface area contributed by atoms with Crippen molar-refractivity contribution >= 4 is 5.97 Å². The number of carbonyl (C=O) groups excluding carboxylic acids is 1. The molecule has 1 saturated carbocycles. The molecule has 20 heavy (non-hydrogen) atoms. The van der Waals surface area contributed by atoms with E-state index in [4.69, 9.17) is 4.74 Å². The number of hydrogen-bond donors (Lipinski definition) is 1. The molecule has 1 rings (SSSR count). The first-order valence-corrected chi connectivity index (χ1v) is 7.64. The van der Waals surface area contributed by atoms with E-state index in [1.807, 2.05) is 7.05 Å². The average Bonchev–Trinajstić information content (AvgIpc) is 3.26. The molecule has 1 N–H and O–H groups in total. The van der Waals surface area contributed by atoms with Gasteiger partial charge in [0, 0.05) is 19.6 Å². The molecule has 1 fully saturated rings. The SMILES string of the molecule is CCCN(CCN(C)C)CC(NC)(C(=O)OC)C1CC1. The Balaban J connectivity index is 2.75. The van der Waals surface area contributed by atoms with Gasteiger partial charge >= 0.3 is 5.97 Å². The van der Waals surface area contributed by atoms with Crippen molar-refractivity contribution in [2.45, 2.75) is 31.7 Å². The monoisotopic (exact) mass is 285 g/mol. The molecule has 118 valence electrons. The number of hydrogen-bond acceptors (Lipinski definition) is 5. The van der Waals surface area contributed by atoms with Crippen LogP contribution in [0.2, 0.25) is 0 Å². The van der Waals surface area contributed by atoms with E-state index in [0.29, 0.717) is 5.92 Å². The first-order chi connectivity index (χ1) is 9.50. The number of likely N-dealkylation sites (N-methyl/N-ethyl adjacent to an activating group) is 2. The zero-order valence-electron chi connectivity index (χ0n) is 13.7. The van der Waals surface area contributed by atoms with E-state index in [2.05, 4.69) is 36.1 Å². The number of ether oxygens (including phenoxy) is 1. The molecule has 0 bridgehead atoms. The summed E-state index contributed by atoms with van der Waals surface area (Å²) in [6.45, 7) is 5.92. The van der Waals surface area contributed by atoms with E-state index in [-0.39, 0.29) is 5.97 Å². The van der Waals surface area contributed by atoms with Crippen LogP contribution >= 0.6 is 0 Å². The van der Waals surface area contributed by atoms with Crippen LogP contribution in [0.5, 0.6) is 0 Å². The second-order valence-corrected chi connectivity index (χ2v) is 6.07. The lowest BCUT2D eigenvalue weighted by molar-refractivity contribution is -0.150. The van der Waals surface area contributed by atoms with Gasteiger partial charge in [0.15, 0.2) is 0 Å². The molecule has 0 aromatic rings. The van der Waals surface area contributed by atoms with Gasteiger partial charge < -0.3 is 15.0 Å². The van der Waals surface area contributed by atoms with Crippen molar-refractivity contribution < 1.29 is 9.53 Å². The normalized spacial score (nSPS) is 18.4. The summed E-state index contributed by atoms with van der Waals surface area (Å²) in [5.74, 6) is 0.298. The molecule has 0 aromatic heterocycles. The van der Waals surface area contributed by atoms with Gasteiger partial charge in [0.05, 0.1) is 7.11 Å². The number of nitrogens with one attached hydrogen (secondary N) is 1. The van der Waals surface area contributed by atoms with Crippen LogP contribution in [-0.4, -0.2) is 75.7 Å².